The maximum Gasteiger partial charge on any atom is 0.335 e. The molecule has 1 aliphatic heterocycles. The maximum atomic E-state index is 13.6. The highest BCUT2D eigenvalue weighted by molar-refractivity contribution is 6.30. The van der Waals surface area contributed by atoms with E-state index in [9.17, 15) is 9.59 Å². The molecule has 3 rings (SSSR count). The number of aryl methyl sites for hydroxylation is 1. The zero-order chi connectivity index (χ0) is 23.7. The van der Waals surface area contributed by atoms with Gasteiger partial charge in [-0.2, -0.15) is 0 Å². The van der Waals surface area contributed by atoms with Crippen molar-refractivity contribution in [3.05, 3.63) is 76.5 Å². The van der Waals surface area contributed by atoms with Gasteiger partial charge in [-0.25, -0.2) is 4.79 Å². The highest BCUT2D eigenvalue weighted by atomic mass is 35.5. The number of esters is 1. The second kappa shape index (κ2) is 9.05. The number of benzene rings is 2. The number of halogens is 1. The molecular weight excluding hydrogens is 424 g/mol. The van der Waals surface area contributed by atoms with Gasteiger partial charge in [-0.1, -0.05) is 48.9 Å². The number of allylic oxidation sites excluding steroid dienone is 1. The summed E-state index contributed by atoms with van der Waals surface area (Å²) in [6, 6.07) is 13.6. The quantitative estimate of drug-likeness (QED) is 0.381. The van der Waals surface area contributed by atoms with Crippen molar-refractivity contribution in [2.24, 2.45) is 0 Å². The summed E-state index contributed by atoms with van der Waals surface area (Å²) in [5.41, 5.74) is 1.98. The summed E-state index contributed by atoms with van der Waals surface area (Å²) < 4.78 is 11.8. The van der Waals surface area contributed by atoms with Crippen LogP contribution in [0.3, 0.4) is 0 Å². The smallest absolute Gasteiger partial charge is 0.335 e. The number of carbonyl (C=O) groups is 2. The molecule has 0 atom stereocenters. The number of carbonyl (C=O) groups excluding carboxylic acids is 2. The van der Waals surface area contributed by atoms with Crippen molar-refractivity contribution in [1.82, 2.24) is 0 Å². The molecule has 0 saturated carbocycles. The Bertz CT molecular complexity index is 1100. The van der Waals surface area contributed by atoms with Gasteiger partial charge >= 0.3 is 5.97 Å². The molecular formula is C27H29ClO4. The molecule has 0 aliphatic carbocycles. The molecule has 5 heteroatoms. The minimum absolute atomic E-state index is 0.219. The Morgan fingerprint density at radius 1 is 1.03 bits per heavy atom. The van der Waals surface area contributed by atoms with Crippen LogP contribution in [0.2, 0.25) is 5.02 Å². The number of hydrogen-bond donors (Lipinski definition) is 0. The van der Waals surface area contributed by atoms with E-state index in [1.54, 1.807) is 26.8 Å². The van der Waals surface area contributed by atoms with Crippen LogP contribution in [0.25, 0.3) is 16.7 Å². The fourth-order valence-electron chi connectivity index (χ4n) is 4.06. The molecule has 0 spiro atoms. The summed E-state index contributed by atoms with van der Waals surface area (Å²) >= 11 is 6.05. The molecule has 0 amide bonds. The molecule has 168 valence electrons. The molecule has 0 radical (unpaired) electrons. The molecule has 0 saturated heterocycles. The summed E-state index contributed by atoms with van der Waals surface area (Å²) in [7, 11) is 0. The van der Waals surface area contributed by atoms with E-state index < -0.39 is 17.2 Å². The zero-order valence-corrected chi connectivity index (χ0v) is 20.2. The molecule has 2 aromatic rings. The van der Waals surface area contributed by atoms with Crippen molar-refractivity contribution in [1.29, 1.82) is 0 Å². The SMILES string of the molecule is C/C=C/C(=O)OC1=C(c2cc(-c3ccc(Cl)cc3)ccc2CC)C(=O)C(C)(C)OC1(C)C. The fraction of sp³-hybridized carbons (Fsp3) is 0.333. The standard InChI is InChI=1S/C27H29ClO4/c1-7-9-22(29)31-25-23(24(30)26(3,4)32-27(25,5)6)21-16-19(11-10-17(21)8-2)18-12-14-20(28)15-13-18/h7,9-16H,8H2,1-6H3/b9-7+. The van der Waals surface area contributed by atoms with Gasteiger partial charge in [-0.05, 0) is 81.5 Å². The highest BCUT2D eigenvalue weighted by Crippen LogP contribution is 2.43. The third-order valence-corrected chi connectivity index (χ3v) is 5.75. The van der Waals surface area contributed by atoms with Crippen LogP contribution < -0.4 is 0 Å². The number of hydrogen-bond acceptors (Lipinski definition) is 4. The molecule has 1 heterocycles. The molecule has 1 aliphatic rings. The second-order valence-electron chi connectivity index (χ2n) is 8.81. The van der Waals surface area contributed by atoms with Gasteiger partial charge in [0, 0.05) is 11.1 Å². The van der Waals surface area contributed by atoms with Crippen LogP contribution in [0.5, 0.6) is 0 Å². The van der Waals surface area contributed by atoms with Crippen molar-refractivity contribution in [2.75, 3.05) is 0 Å². The normalized spacial score (nSPS) is 17.7. The van der Waals surface area contributed by atoms with E-state index in [0.29, 0.717) is 17.0 Å². The Kier molecular flexibility index (Phi) is 6.77. The predicted octanol–water partition coefficient (Wildman–Crippen LogP) is 6.56. The van der Waals surface area contributed by atoms with E-state index >= 15 is 0 Å². The minimum Gasteiger partial charge on any atom is -0.424 e. The van der Waals surface area contributed by atoms with Gasteiger partial charge in [0.2, 0.25) is 0 Å². The van der Waals surface area contributed by atoms with Gasteiger partial charge in [-0.3, -0.25) is 4.79 Å². The monoisotopic (exact) mass is 452 g/mol. The maximum absolute atomic E-state index is 13.6. The average Bonchev–Trinajstić information content (AvgIpc) is 2.72. The van der Waals surface area contributed by atoms with E-state index in [2.05, 4.69) is 0 Å². The van der Waals surface area contributed by atoms with Gasteiger partial charge in [0.05, 0.1) is 5.57 Å². The van der Waals surface area contributed by atoms with Gasteiger partial charge in [0.15, 0.2) is 11.5 Å². The van der Waals surface area contributed by atoms with Gasteiger partial charge < -0.3 is 9.47 Å². The van der Waals surface area contributed by atoms with E-state index in [1.165, 1.54) is 6.08 Å². The van der Waals surface area contributed by atoms with E-state index in [0.717, 1.165) is 22.3 Å². The second-order valence-corrected chi connectivity index (χ2v) is 9.25. The van der Waals surface area contributed by atoms with Gasteiger partial charge in [-0.15, -0.1) is 0 Å². The third kappa shape index (κ3) is 4.72. The van der Waals surface area contributed by atoms with Crippen LogP contribution >= 0.6 is 11.6 Å². The van der Waals surface area contributed by atoms with Crippen molar-refractivity contribution >= 4 is 28.9 Å². The first-order chi connectivity index (χ1) is 15.0. The molecule has 0 aromatic heterocycles. The van der Waals surface area contributed by atoms with Gasteiger partial charge in [0.25, 0.3) is 0 Å². The van der Waals surface area contributed by atoms with Crippen molar-refractivity contribution in [3.8, 4) is 11.1 Å². The van der Waals surface area contributed by atoms with Crippen LogP contribution in [0.15, 0.2) is 60.4 Å². The Balaban J connectivity index is 2.30. The average molecular weight is 453 g/mol. The van der Waals surface area contributed by atoms with E-state index in [-0.39, 0.29) is 11.5 Å². The summed E-state index contributed by atoms with van der Waals surface area (Å²) in [6.07, 6.45) is 3.64. The molecule has 0 N–H and O–H groups in total. The predicted molar refractivity (Wildman–Crippen MR) is 128 cm³/mol. The Morgan fingerprint density at radius 3 is 2.25 bits per heavy atom. The molecule has 32 heavy (non-hydrogen) atoms. The van der Waals surface area contributed by atoms with Crippen molar-refractivity contribution in [2.45, 2.75) is 59.2 Å². The fourth-order valence-corrected chi connectivity index (χ4v) is 4.19. The molecule has 0 bridgehead atoms. The van der Waals surface area contributed by atoms with Crippen molar-refractivity contribution < 1.29 is 19.1 Å². The minimum atomic E-state index is -1.07. The van der Waals surface area contributed by atoms with Gasteiger partial charge in [0.1, 0.15) is 11.2 Å². The molecule has 0 unspecified atom stereocenters. The number of rotatable bonds is 5. The highest BCUT2D eigenvalue weighted by Gasteiger charge is 2.48. The summed E-state index contributed by atoms with van der Waals surface area (Å²) in [5.74, 6) is -0.535. The zero-order valence-electron chi connectivity index (χ0n) is 19.4. The number of Topliss-reactive ketones (excluding diaryl/α,β-unsaturated/α-hetero) is 1. The van der Waals surface area contributed by atoms with Crippen molar-refractivity contribution in [3.63, 3.8) is 0 Å². The lowest BCUT2D eigenvalue weighted by Gasteiger charge is -2.42. The summed E-state index contributed by atoms with van der Waals surface area (Å²) in [4.78, 5) is 26.0. The van der Waals surface area contributed by atoms with Crippen LogP contribution in [-0.2, 0) is 25.5 Å². The molecule has 4 nitrogen and oxygen atoms in total. The number of ketones is 1. The lowest BCUT2D eigenvalue weighted by atomic mass is 9.80. The largest absolute Gasteiger partial charge is 0.424 e. The molecule has 0 fully saturated rings. The number of ether oxygens (including phenoxy) is 2. The Morgan fingerprint density at radius 2 is 1.66 bits per heavy atom. The van der Waals surface area contributed by atoms with Crippen LogP contribution in [0.1, 0.15) is 52.7 Å². The first-order valence-electron chi connectivity index (χ1n) is 10.7. The summed E-state index contributed by atoms with van der Waals surface area (Å²) in [5, 5.41) is 0.656. The Labute approximate surface area is 194 Å². The van der Waals surface area contributed by atoms with Crippen LogP contribution in [-0.4, -0.2) is 23.0 Å². The summed E-state index contributed by atoms with van der Waals surface area (Å²) in [6.45, 7) is 10.9. The molecule has 2 aromatic carbocycles. The first kappa shape index (κ1) is 24.0. The lowest BCUT2D eigenvalue weighted by molar-refractivity contribution is -0.164. The first-order valence-corrected chi connectivity index (χ1v) is 11.1. The topological polar surface area (TPSA) is 52.6 Å². The van der Waals surface area contributed by atoms with E-state index in [1.807, 2.05) is 63.2 Å². The third-order valence-electron chi connectivity index (χ3n) is 5.50. The van der Waals surface area contributed by atoms with Crippen LogP contribution in [0.4, 0.5) is 0 Å². The Hall–Kier alpha value is -2.69. The van der Waals surface area contributed by atoms with Crippen LogP contribution in [0, 0.1) is 0 Å². The van der Waals surface area contributed by atoms with E-state index in [4.69, 9.17) is 21.1 Å². The lowest BCUT2D eigenvalue weighted by Crippen LogP contribution is -2.50.